The summed E-state index contributed by atoms with van der Waals surface area (Å²) in [5.74, 6) is 0.799. The lowest BCUT2D eigenvalue weighted by Gasteiger charge is -2.15. The lowest BCUT2D eigenvalue weighted by atomic mass is 10.1. The molecule has 0 saturated carbocycles. The van der Waals surface area contributed by atoms with Gasteiger partial charge in [-0.2, -0.15) is 0 Å². The van der Waals surface area contributed by atoms with Crippen LogP contribution < -0.4 is 10.6 Å². The molecule has 1 aliphatic heterocycles. The number of anilines is 1. The zero-order chi connectivity index (χ0) is 15.4. The SMILES string of the molecule is Cc1ccc(C(=O)Nc2cccc(C3=NCCCN3)c2)cc1. The molecule has 4 heteroatoms. The first-order valence-corrected chi connectivity index (χ1v) is 7.49. The van der Waals surface area contributed by atoms with E-state index in [0.717, 1.165) is 42.2 Å². The molecular formula is C18H19N3O. The number of nitrogens with one attached hydrogen (secondary N) is 2. The Kier molecular flexibility index (Phi) is 4.19. The summed E-state index contributed by atoms with van der Waals surface area (Å²) in [6, 6.07) is 15.3. The molecule has 1 amide bonds. The Morgan fingerprint density at radius 2 is 2.00 bits per heavy atom. The summed E-state index contributed by atoms with van der Waals surface area (Å²) >= 11 is 0. The smallest absolute Gasteiger partial charge is 0.255 e. The second-order valence-corrected chi connectivity index (χ2v) is 5.41. The van der Waals surface area contributed by atoms with Gasteiger partial charge in [-0.25, -0.2) is 0 Å². The van der Waals surface area contributed by atoms with Gasteiger partial charge in [0.05, 0.1) is 0 Å². The van der Waals surface area contributed by atoms with Crippen LogP contribution in [0.1, 0.15) is 27.9 Å². The van der Waals surface area contributed by atoms with Crippen molar-refractivity contribution in [2.75, 3.05) is 18.4 Å². The van der Waals surface area contributed by atoms with Crippen molar-refractivity contribution in [3.8, 4) is 0 Å². The molecule has 2 N–H and O–H groups in total. The number of aryl methyl sites for hydroxylation is 1. The summed E-state index contributed by atoms with van der Waals surface area (Å²) in [5.41, 5.74) is 3.57. The Hall–Kier alpha value is -2.62. The molecule has 1 heterocycles. The maximum absolute atomic E-state index is 12.3. The van der Waals surface area contributed by atoms with Crippen LogP contribution in [0.5, 0.6) is 0 Å². The van der Waals surface area contributed by atoms with Crippen LogP contribution in [0, 0.1) is 6.92 Å². The number of amides is 1. The summed E-state index contributed by atoms with van der Waals surface area (Å²) in [7, 11) is 0. The van der Waals surface area contributed by atoms with Crippen molar-refractivity contribution in [3.05, 3.63) is 65.2 Å². The summed E-state index contributed by atoms with van der Waals surface area (Å²) in [6.07, 6.45) is 1.06. The van der Waals surface area contributed by atoms with Gasteiger partial charge in [-0.3, -0.25) is 9.79 Å². The highest BCUT2D eigenvalue weighted by atomic mass is 16.1. The minimum atomic E-state index is -0.101. The molecule has 0 bridgehead atoms. The average molecular weight is 293 g/mol. The normalized spacial score (nSPS) is 14.0. The number of carbonyl (C=O) groups is 1. The Morgan fingerprint density at radius 1 is 1.18 bits per heavy atom. The van der Waals surface area contributed by atoms with Crippen LogP contribution >= 0.6 is 0 Å². The highest BCUT2D eigenvalue weighted by Gasteiger charge is 2.09. The van der Waals surface area contributed by atoms with Gasteiger partial charge in [0.25, 0.3) is 5.91 Å². The molecule has 22 heavy (non-hydrogen) atoms. The first-order chi connectivity index (χ1) is 10.7. The van der Waals surface area contributed by atoms with Gasteiger partial charge in [-0.1, -0.05) is 29.8 Å². The van der Waals surface area contributed by atoms with Crippen molar-refractivity contribution in [2.45, 2.75) is 13.3 Å². The topological polar surface area (TPSA) is 53.5 Å². The molecule has 0 unspecified atom stereocenters. The molecule has 2 aromatic carbocycles. The van der Waals surface area contributed by atoms with Gasteiger partial charge in [0.1, 0.15) is 5.84 Å². The predicted molar refractivity (Wildman–Crippen MR) is 89.6 cm³/mol. The largest absolute Gasteiger partial charge is 0.370 e. The average Bonchev–Trinajstić information content (AvgIpc) is 2.56. The van der Waals surface area contributed by atoms with Crippen molar-refractivity contribution < 1.29 is 4.79 Å². The van der Waals surface area contributed by atoms with E-state index in [1.54, 1.807) is 0 Å². The van der Waals surface area contributed by atoms with Crippen LogP contribution in [0.2, 0.25) is 0 Å². The fourth-order valence-electron chi connectivity index (χ4n) is 2.38. The van der Waals surface area contributed by atoms with Gasteiger partial charge >= 0.3 is 0 Å². The number of aliphatic imine (C=N–C) groups is 1. The van der Waals surface area contributed by atoms with Crippen LogP contribution in [0.4, 0.5) is 5.69 Å². The lowest BCUT2D eigenvalue weighted by molar-refractivity contribution is 0.102. The van der Waals surface area contributed by atoms with Crippen LogP contribution in [-0.2, 0) is 0 Å². The molecule has 3 rings (SSSR count). The van der Waals surface area contributed by atoms with E-state index in [9.17, 15) is 4.79 Å². The highest BCUT2D eigenvalue weighted by molar-refractivity contribution is 6.05. The van der Waals surface area contributed by atoms with E-state index >= 15 is 0 Å². The van der Waals surface area contributed by atoms with E-state index in [2.05, 4.69) is 15.6 Å². The Morgan fingerprint density at radius 3 is 2.73 bits per heavy atom. The Bertz CT molecular complexity index is 705. The lowest BCUT2D eigenvalue weighted by Crippen LogP contribution is -2.30. The number of benzene rings is 2. The second kappa shape index (κ2) is 6.43. The Balaban J connectivity index is 1.76. The number of amidine groups is 1. The molecule has 0 atom stereocenters. The highest BCUT2D eigenvalue weighted by Crippen LogP contribution is 2.14. The van der Waals surface area contributed by atoms with E-state index in [4.69, 9.17) is 0 Å². The number of hydrogen-bond donors (Lipinski definition) is 2. The van der Waals surface area contributed by atoms with E-state index in [1.807, 2.05) is 55.5 Å². The van der Waals surface area contributed by atoms with E-state index in [0.29, 0.717) is 5.56 Å². The van der Waals surface area contributed by atoms with Crippen molar-refractivity contribution in [2.24, 2.45) is 4.99 Å². The molecular weight excluding hydrogens is 274 g/mol. The van der Waals surface area contributed by atoms with E-state index < -0.39 is 0 Å². The van der Waals surface area contributed by atoms with E-state index in [1.165, 1.54) is 0 Å². The third-order valence-corrected chi connectivity index (χ3v) is 3.60. The maximum Gasteiger partial charge on any atom is 0.255 e. The predicted octanol–water partition coefficient (Wildman–Crippen LogP) is 2.99. The van der Waals surface area contributed by atoms with Crippen LogP contribution in [-0.4, -0.2) is 24.8 Å². The number of carbonyl (C=O) groups excluding carboxylic acids is 1. The molecule has 1 aliphatic rings. The third kappa shape index (κ3) is 3.34. The number of rotatable bonds is 3. The van der Waals surface area contributed by atoms with Gasteiger partial charge in [0, 0.05) is 29.9 Å². The summed E-state index contributed by atoms with van der Waals surface area (Å²) < 4.78 is 0. The van der Waals surface area contributed by atoms with Crippen molar-refractivity contribution in [1.29, 1.82) is 0 Å². The van der Waals surface area contributed by atoms with E-state index in [-0.39, 0.29) is 5.91 Å². The molecule has 4 nitrogen and oxygen atoms in total. The van der Waals surface area contributed by atoms with Gasteiger partial charge in [-0.15, -0.1) is 0 Å². The quantitative estimate of drug-likeness (QED) is 0.914. The molecule has 0 aliphatic carbocycles. The first kappa shape index (κ1) is 14.3. The fourth-order valence-corrected chi connectivity index (χ4v) is 2.38. The van der Waals surface area contributed by atoms with Gasteiger partial charge in [0.2, 0.25) is 0 Å². The fraction of sp³-hybridized carbons (Fsp3) is 0.222. The molecule has 112 valence electrons. The third-order valence-electron chi connectivity index (χ3n) is 3.60. The summed E-state index contributed by atoms with van der Waals surface area (Å²) in [4.78, 5) is 16.7. The van der Waals surface area contributed by atoms with Crippen LogP contribution in [0.25, 0.3) is 0 Å². The van der Waals surface area contributed by atoms with Crippen molar-refractivity contribution >= 4 is 17.4 Å². The molecule has 2 aromatic rings. The summed E-state index contributed by atoms with van der Waals surface area (Å²) in [6.45, 7) is 3.80. The number of nitrogens with zero attached hydrogens (tertiary/aromatic N) is 1. The molecule has 0 spiro atoms. The zero-order valence-electron chi connectivity index (χ0n) is 12.6. The summed E-state index contributed by atoms with van der Waals surface area (Å²) in [5, 5.41) is 6.23. The van der Waals surface area contributed by atoms with Gasteiger partial charge in [0.15, 0.2) is 0 Å². The molecule has 0 fully saturated rings. The van der Waals surface area contributed by atoms with Gasteiger partial charge in [-0.05, 0) is 37.6 Å². The Labute approximate surface area is 130 Å². The second-order valence-electron chi connectivity index (χ2n) is 5.41. The van der Waals surface area contributed by atoms with Crippen LogP contribution in [0.3, 0.4) is 0 Å². The monoisotopic (exact) mass is 293 g/mol. The molecule has 0 aromatic heterocycles. The minimum Gasteiger partial charge on any atom is -0.370 e. The number of hydrogen-bond acceptors (Lipinski definition) is 3. The zero-order valence-corrected chi connectivity index (χ0v) is 12.6. The van der Waals surface area contributed by atoms with Crippen molar-refractivity contribution in [3.63, 3.8) is 0 Å². The maximum atomic E-state index is 12.3. The van der Waals surface area contributed by atoms with Crippen LogP contribution in [0.15, 0.2) is 53.5 Å². The van der Waals surface area contributed by atoms with Gasteiger partial charge < -0.3 is 10.6 Å². The minimum absolute atomic E-state index is 0.101. The van der Waals surface area contributed by atoms with Crippen molar-refractivity contribution in [1.82, 2.24) is 5.32 Å². The standard InChI is InChI=1S/C18H19N3O/c1-13-6-8-14(9-7-13)18(22)21-16-5-2-4-15(12-16)17-19-10-3-11-20-17/h2,4-9,12H,3,10-11H2,1H3,(H,19,20)(H,21,22). The molecule has 0 saturated heterocycles. The molecule has 0 radical (unpaired) electrons. The first-order valence-electron chi connectivity index (χ1n) is 7.49.